The van der Waals surface area contributed by atoms with Gasteiger partial charge in [-0.1, -0.05) is 0 Å². The molecule has 2 unspecified atom stereocenters. The third-order valence-corrected chi connectivity index (χ3v) is 2.67. The van der Waals surface area contributed by atoms with Crippen LogP contribution in [0.1, 0.15) is 19.3 Å². The van der Waals surface area contributed by atoms with E-state index in [0.717, 1.165) is 12.5 Å². The molecule has 52 valence electrons. The first kappa shape index (κ1) is 5.69. The molecule has 2 heteroatoms. The highest BCUT2D eigenvalue weighted by atomic mass is 15.0. The number of rotatable bonds is 0. The molecule has 0 radical (unpaired) electrons. The van der Waals surface area contributed by atoms with Gasteiger partial charge in [0.05, 0.1) is 0 Å². The van der Waals surface area contributed by atoms with E-state index in [0.29, 0.717) is 0 Å². The van der Waals surface area contributed by atoms with Crippen LogP contribution in [0.5, 0.6) is 0 Å². The zero-order chi connectivity index (χ0) is 6.32. The van der Waals surface area contributed by atoms with Gasteiger partial charge < -0.3 is 11.1 Å². The summed E-state index contributed by atoms with van der Waals surface area (Å²) in [6.07, 6.45) is 3.78. The molecule has 0 bridgehead atoms. The SMILES string of the molecule is NC12CCCNCC1C2. The van der Waals surface area contributed by atoms with E-state index in [-0.39, 0.29) is 5.54 Å². The summed E-state index contributed by atoms with van der Waals surface area (Å²) in [7, 11) is 0. The van der Waals surface area contributed by atoms with Crippen LogP contribution in [-0.4, -0.2) is 18.6 Å². The largest absolute Gasteiger partial charge is 0.325 e. The Morgan fingerprint density at radius 1 is 1.56 bits per heavy atom. The van der Waals surface area contributed by atoms with E-state index in [9.17, 15) is 0 Å². The van der Waals surface area contributed by atoms with Crippen molar-refractivity contribution in [1.29, 1.82) is 0 Å². The van der Waals surface area contributed by atoms with Crippen LogP contribution < -0.4 is 11.1 Å². The average molecular weight is 126 g/mol. The van der Waals surface area contributed by atoms with Crippen LogP contribution in [-0.2, 0) is 0 Å². The topological polar surface area (TPSA) is 38.0 Å². The van der Waals surface area contributed by atoms with E-state index in [1.165, 1.54) is 25.8 Å². The first-order valence-electron chi connectivity index (χ1n) is 3.81. The molecule has 0 aromatic heterocycles. The number of fused-ring (bicyclic) bond motifs is 1. The van der Waals surface area contributed by atoms with Crippen LogP contribution in [0.25, 0.3) is 0 Å². The van der Waals surface area contributed by atoms with Gasteiger partial charge in [-0.25, -0.2) is 0 Å². The molecule has 0 spiro atoms. The molecule has 0 aromatic rings. The molecule has 0 aromatic carbocycles. The van der Waals surface area contributed by atoms with Gasteiger partial charge >= 0.3 is 0 Å². The quantitative estimate of drug-likeness (QED) is 0.482. The molecular formula is C7H14N2. The average Bonchev–Trinajstić information content (AvgIpc) is 2.40. The Kier molecular flexibility index (Phi) is 1.08. The third-order valence-electron chi connectivity index (χ3n) is 2.67. The maximum absolute atomic E-state index is 6.01. The van der Waals surface area contributed by atoms with E-state index >= 15 is 0 Å². The van der Waals surface area contributed by atoms with Crippen molar-refractivity contribution in [2.45, 2.75) is 24.8 Å². The molecule has 3 N–H and O–H groups in total. The lowest BCUT2D eigenvalue weighted by Crippen LogP contribution is -2.25. The van der Waals surface area contributed by atoms with E-state index in [4.69, 9.17) is 5.73 Å². The van der Waals surface area contributed by atoms with E-state index in [2.05, 4.69) is 5.32 Å². The van der Waals surface area contributed by atoms with E-state index in [1.54, 1.807) is 0 Å². The van der Waals surface area contributed by atoms with Gasteiger partial charge in [-0.2, -0.15) is 0 Å². The fraction of sp³-hybridized carbons (Fsp3) is 1.00. The van der Waals surface area contributed by atoms with E-state index in [1.807, 2.05) is 0 Å². The van der Waals surface area contributed by atoms with Crippen molar-refractivity contribution in [2.75, 3.05) is 13.1 Å². The Labute approximate surface area is 55.8 Å². The van der Waals surface area contributed by atoms with Crippen molar-refractivity contribution in [3.8, 4) is 0 Å². The summed E-state index contributed by atoms with van der Waals surface area (Å²) in [6, 6.07) is 0. The number of nitrogens with two attached hydrogens (primary N) is 1. The number of nitrogens with one attached hydrogen (secondary N) is 1. The first-order chi connectivity index (χ1) is 4.31. The van der Waals surface area contributed by atoms with Crippen LogP contribution in [0.4, 0.5) is 0 Å². The molecule has 9 heavy (non-hydrogen) atoms. The van der Waals surface area contributed by atoms with Gasteiger partial charge in [0.1, 0.15) is 0 Å². The molecule has 1 aliphatic carbocycles. The maximum atomic E-state index is 6.01. The molecule has 1 saturated heterocycles. The van der Waals surface area contributed by atoms with Crippen LogP contribution in [0.3, 0.4) is 0 Å². The second-order valence-electron chi connectivity index (χ2n) is 3.44. The summed E-state index contributed by atoms with van der Waals surface area (Å²) >= 11 is 0. The summed E-state index contributed by atoms with van der Waals surface area (Å²) < 4.78 is 0. The Hall–Kier alpha value is -0.0800. The molecule has 2 fully saturated rings. The smallest absolute Gasteiger partial charge is 0.0200 e. The highest BCUT2D eigenvalue weighted by Crippen LogP contribution is 2.44. The Morgan fingerprint density at radius 3 is 3.33 bits per heavy atom. The Morgan fingerprint density at radius 2 is 2.44 bits per heavy atom. The predicted octanol–water partition coefficient (Wildman–Crippen LogP) is 0.0872. The summed E-state index contributed by atoms with van der Waals surface area (Å²) in [5.41, 5.74) is 6.28. The highest BCUT2D eigenvalue weighted by molar-refractivity contribution is 5.09. The number of hydrogen-bond donors (Lipinski definition) is 2. The van der Waals surface area contributed by atoms with Crippen molar-refractivity contribution < 1.29 is 0 Å². The van der Waals surface area contributed by atoms with Gasteiger partial charge in [0.25, 0.3) is 0 Å². The Balaban J connectivity index is 2.00. The molecule has 2 aliphatic rings. The number of hydrogen-bond acceptors (Lipinski definition) is 2. The van der Waals surface area contributed by atoms with Gasteiger partial charge in [-0.15, -0.1) is 0 Å². The molecule has 2 nitrogen and oxygen atoms in total. The molecule has 1 saturated carbocycles. The molecule has 2 rings (SSSR count). The van der Waals surface area contributed by atoms with Gasteiger partial charge in [-0.3, -0.25) is 0 Å². The monoisotopic (exact) mass is 126 g/mol. The molecule has 0 amide bonds. The van der Waals surface area contributed by atoms with Crippen molar-refractivity contribution in [2.24, 2.45) is 11.7 Å². The lowest BCUT2D eigenvalue weighted by atomic mass is 10.1. The first-order valence-corrected chi connectivity index (χ1v) is 3.81. The van der Waals surface area contributed by atoms with Crippen LogP contribution in [0.2, 0.25) is 0 Å². The molecule has 1 aliphatic heterocycles. The van der Waals surface area contributed by atoms with Crippen molar-refractivity contribution in [3.05, 3.63) is 0 Å². The van der Waals surface area contributed by atoms with Gasteiger partial charge in [0, 0.05) is 5.54 Å². The van der Waals surface area contributed by atoms with Crippen molar-refractivity contribution in [3.63, 3.8) is 0 Å². The standard InChI is InChI=1S/C7H14N2/c8-7-2-1-3-9-5-6(7)4-7/h6,9H,1-5,8H2. The normalized spacial score (nSPS) is 49.7. The van der Waals surface area contributed by atoms with Crippen LogP contribution in [0.15, 0.2) is 0 Å². The second kappa shape index (κ2) is 1.70. The third kappa shape index (κ3) is 0.864. The fourth-order valence-electron chi connectivity index (χ4n) is 1.80. The minimum Gasteiger partial charge on any atom is -0.325 e. The van der Waals surface area contributed by atoms with Gasteiger partial charge in [0.2, 0.25) is 0 Å². The van der Waals surface area contributed by atoms with E-state index < -0.39 is 0 Å². The van der Waals surface area contributed by atoms with Crippen LogP contribution >= 0.6 is 0 Å². The summed E-state index contributed by atoms with van der Waals surface area (Å²) in [5.74, 6) is 0.806. The summed E-state index contributed by atoms with van der Waals surface area (Å²) in [6.45, 7) is 2.34. The van der Waals surface area contributed by atoms with Gasteiger partial charge in [-0.05, 0) is 38.3 Å². The van der Waals surface area contributed by atoms with Crippen molar-refractivity contribution >= 4 is 0 Å². The molecular weight excluding hydrogens is 112 g/mol. The minimum atomic E-state index is 0.267. The predicted molar refractivity (Wildman–Crippen MR) is 37.1 cm³/mol. The van der Waals surface area contributed by atoms with Crippen molar-refractivity contribution in [1.82, 2.24) is 5.32 Å². The highest BCUT2D eigenvalue weighted by Gasteiger charge is 2.50. The lowest BCUT2D eigenvalue weighted by Gasteiger charge is -2.04. The zero-order valence-corrected chi connectivity index (χ0v) is 5.69. The maximum Gasteiger partial charge on any atom is 0.0200 e. The zero-order valence-electron chi connectivity index (χ0n) is 5.69. The minimum absolute atomic E-state index is 0.267. The molecule has 1 heterocycles. The second-order valence-corrected chi connectivity index (χ2v) is 3.44. The van der Waals surface area contributed by atoms with Gasteiger partial charge in [0.15, 0.2) is 0 Å². The van der Waals surface area contributed by atoms with Crippen LogP contribution in [0, 0.1) is 5.92 Å². The summed E-state index contributed by atoms with van der Waals surface area (Å²) in [5, 5.41) is 3.38. The summed E-state index contributed by atoms with van der Waals surface area (Å²) in [4.78, 5) is 0. The molecule has 2 atom stereocenters. The Bertz CT molecular complexity index is 124. The lowest BCUT2D eigenvalue weighted by molar-refractivity contribution is 0.569. The fourth-order valence-corrected chi connectivity index (χ4v) is 1.80.